The number of carbonyl (C=O) groups excluding carboxylic acids is 1. The Balaban J connectivity index is 1.43. The van der Waals surface area contributed by atoms with Crippen LogP contribution in [0.5, 0.6) is 0 Å². The minimum atomic E-state index is -0.352. The van der Waals surface area contributed by atoms with Crippen LogP contribution in [0.3, 0.4) is 0 Å². The summed E-state index contributed by atoms with van der Waals surface area (Å²) < 4.78 is 16.7. The summed E-state index contributed by atoms with van der Waals surface area (Å²) in [7, 11) is 2.12. The summed E-state index contributed by atoms with van der Waals surface area (Å²) in [4.78, 5) is 14.8. The van der Waals surface area contributed by atoms with Gasteiger partial charge in [0.05, 0.1) is 23.6 Å². The number of halogens is 1. The number of anilines is 1. The number of amides is 1. The van der Waals surface area contributed by atoms with Gasteiger partial charge in [0.2, 0.25) is 0 Å². The maximum Gasteiger partial charge on any atom is 0.276 e. The molecule has 140 valence electrons. The van der Waals surface area contributed by atoms with Crippen molar-refractivity contribution in [3.8, 4) is 5.69 Å². The molecule has 4 rings (SSSR count). The Morgan fingerprint density at radius 2 is 2.07 bits per heavy atom. The third-order valence-electron chi connectivity index (χ3n) is 4.82. The number of piperidine rings is 1. The number of rotatable bonds is 4. The SMILES string of the molecule is CN1CCC(n2cc(NC(=O)c3ccn(-c4cccc(F)c4)n3)cn2)CC1. The monoisotopic (exact) mass is 368 g/mol. The van der Waals surface area contributed by atoms with Gasteiger partial charge in [-0.2, -0.15) is 10.2 Å². The van der Waals surface area contributed by atoms with Crippen LogP contribution in [0.2, 0.25) is 0 Å². The van der Waals surface area contributed by atoms with E-state index in [0.29, 0.717) is 17.4 Å². The van der Waals surface area contributed by atoms with E-state index in [2.05, 4.69) is 27.5 Å². The Labute approximate surface area is 156 Å². The van der Waals surface area contributed by atoms with Crippen LogP contribution >= 0.6 is 0 Å². The van der Waals surface area contributed by atoms with Gasteiger partial charge in [0.1, 0.15) is 5.82 Å². The zero-order valence-corrected chi connectivity index (χ0v) is 15.0. The van der Waals surface area contributed by atoms with Crippen LogP contribution in [0.25, 0.3) is 5.69 Å². The molecule has 2 aromatic heterocycles. The molecular formula is C19H21FN6O. The second-order valence-corrected chi connectivity index (χ2v) is 6.82. The first-order valence-corrected chi connectivity index (χ1v) is 8.94. The molecule has 8 heteroatoms. The maximum atomic E-state index is 13.4. The number of nitrogens with one attached hydrogen (secondary N) is 1. The van der Waals surface area contributed by atoms with Gasteiger partial charge >= 0.3 is 0 Å². The van der Waals surface area contributed by atoms with Crippen molar-refractivity contribution >= 4 is 11.6 Å². The molecule has 0 saturated carbocycles. The largest absolute Gasteiger partial charge is 0.318 e. The maximum absolute atomic E-state index is 13.4. The molecule has 0 atom stereocenters. The van der Waals surface area contributed by atoms with Crippen LogP contribution in [-0.4, -0.2) is 50.5 Å². The predicted octanol–water partition coefficient (Wildman–Crippen LogP) is 2.73. The highest BCUT2D eigenvalue weighted by atomic mass is 19.1. The molecule has 3 heterocycles. The van der Waals surface area contributed by atoms with Crippen LogP contribution in [-0.2, 0) is 0 Å². The van der Waals surface area contributed by atoms with Crippen molar-refractivity contribution in [2.24, 2.45) is 0 Å². The number of hydrogen-bond donors (Lipinski definition) is 1. The summed E-state index contributed by atoms with van der Waals surface area (Å²) in [5, 5.41) is 11.4. The molecule has 1 amide bonds. The summed E-state index contributed by atoms with van der Waals surface area (Å²) in [5.74, 6) is -0.677. The minimum Gasteiger partial charge on any atom is -0.318 e. The molecule has 0 unspecified atom stereocenters. The van der Waals surface area contributed by atoms with Crippen molar-refractivity contribution in [2.45, 2.75) is 18.9 Å². The Kier molecular flexibility index (Phi) is 4.72. The topological polar surface area (TPSA) is 68.0 Å². The van der Waals surface area contributed by atoms with E-state index >= 15 is 0 Å². The van der Waals surface area contributed by atoms with Gasteiger partial charge in [0, 0.05) is 12.4 Å². The molecule has 1 N–H and O–H groups in total. The van der Waals surface area contributed by atoms with Crippen molar-refractivity contribution in [1.82, 2.24) is 24.5 Å². The third-order valence-corrected chi connectivity index (χ3v) is 4.82. The normalized spacial score (nSPS) is 15.8. The summed E-state index contributed by atoms with van der Waals surface area (Å²) in [6, 6.07) is 8.01. The molecule has 0 spiro atoms. The number of aromatic nitrogens is 4. The summed E-state index contributed by atoms with van der Waals surface area (Å²) in [5.41, 5.74) is 1.45. The number of hydrogen-bond acceptors (Lipinski definition) is 4. The average Bonchev–Trinajstić information content (AvgIpc) is 3.32. The van der Waals surface area contributed by atoms with E-state index in [0.717, 1.165) is 25.9 Å². The molecule has 27 heavy (non-hydrogen) atoms. The van der Waals surface area contributed by atoms with Crippen LogP contribution < -0.4 is 5.32 Å². The fraction of sp³-hybridized carbons (Fsp3) is 0.316. The van der Waals surface area contributed by atoms with Gasteiger partial charge in [-0.3, -0.25) is 9.48 Å². The second kappa shape index (κ2) is 7.32. The highest BCUT2D eigenvalue weighted by Crippen LogP contribution is 2.22. The van der Waals surface area contributed by atoms with E-state index in [1.54, 1.807) is 30.6 Å². The lowest BCUT2D eigenvalue weighted by molar-refractivity contribution is 0.102. The number of nitrogens with zero attached hydrogens (tertiary/aromatic N) is 5. The van der Waals surface area contributed by atoms with Crippen molar-refractivity contribution in [3.63, 3.8) is 0 Å². The molecule has 0 aliphatic carbocycles. The lowest BCUT2D eigenvalue weighted by Crippen LogP contribution is -2.31. The molecule has 3 aromatic rings. The Hall–Kier alpha value is -3.00. The lowest BCUT2D eigenvalue weighted by atomic mass is 10.1. The standard InChI is InChI=1S/C19H21FN6O/c1-24-8-5-16(6-9-24)26-13-15(12-21-26)22-19(27)18-7-10-25(23-18)17-4-2-3-14(20)11-17/h2-4,7,10-13,16H,5-6,8-9H2,1H3,(H,22,27). The Bertz CT molecular complexity index is 941. The smallest absolute Gasteiger partial charge is 0.276 e. The van der Waals surface area contributed by atoms with Crippen molar-refractivity contribution in [1.29, 1.82) is 0 Å². The van der Waals surface area contributed by atoms with Crippen LogP contribution in [0.15, 0.2) is 48.9 Å². The van der Waals surface area contributed by atoms with Gasteiger partial charge in [0.15, 0.2) is 5.69 Å². The van der Waals surface area contributed by atoms with E-state index in [9.17, 15) is 9.18 Å². The van der Waals surface area contributed by atoms with Gasteiger partial charge in [-0.15, -0.1) is 0 Å². The van der Waals surface area contributed by atoms with Crippen molar-refractivity contribution in [2.75, 3.05) is 25.5 Å². The quantitative estimate of drug-likeness (QED) is 0.769. The molecule has 0 radical (unpaired) electrons. The van der Waals surface area contributed by atoms with Crippen LogP contribution in [0, 0.1) is 5.82 Å². The fourth-order valence-corrected chi connectivity index (χ4v) is 3.26. The summed E-state index contributed by atoms with van der Waals surface area (Å²) in [6.45, 7) is 2.09. The van der Waals surface area contributed by atoms with Gasteiger partial charge in [-0.05, 0) is 57.2 Å². The zero-order chi connectivity index (χ0) is 18.8. The lowest BCUT2D eigenvalue weighted by Gasteiger charge is -2.28. The van der Waals surface area contributed by atoms with Crippen LogP contribution in [0.1, 0.15) is 29.4 Å². The van der Waals surface area contributed by atoms with E-state index in [-0.39, 0.29) is 17.4 Å². The summed E-state index contributed by atoms with van der Waals surface area (Å²) >= 11 is 0. The summed E-state index contributed by atoms with van der Waals surface area (Å²) in [6.07, 6.45) is 7.23. The zero-order valence-electron chi connectivity index (χ0n) is 15.0. The highest BCUT2D eigenvalue weighted by molar-refractivity contribution is 6.02. The first-order valence-electron chi connectivity index (χ1n) is 8.94. The van der Waals surface area contributed by atoms with E-state index in [4.69, 9.17) is 0 Å². The van der Waals surface area contributed by atoms with Gasteiger partial charge in [0.25, 0.3) is 5.91 Å². The Morgan fingerprint density at radius 1 is 1.26 bits per heavy atom. The van der Waals surface area contributed by atoms with Crippen LogP contribution in [0.4, 0.5) is 10.1 Å². The molecule has 0 bridgehead atoms. The molecule has 1 fully saturated rings. The van der Waals surface area contributed by atoms with Gasteiger partial charge in [-0.1, -0.05) is 6.07 Å². The minimum absolute atomic E-state index is 0.256. The highest BCUT2D eigenvalue weighted by Gasteiger charge is 2.19. The average molecular weight is 368 g/mol. The number of carbonyl (C=O) groups is 1. The predicted molar refractivity (Wildman–Crippen MR) is 99.5 cm³/mol. The molecular weight excluding hydrogens is 347 g/mol. The van der Waals surface area contributed by atoms with Gasteiger partial charge < -0.3 is 10.2 Å². The van der Waals surface area contributed by atoms with E-state index in [1.165, 1.54) is 16.8 Å². The Morgan fingerprint density at radius 3 is 2.85 bits per heavy atom. The molecule has 7 nitrogen and oxygen atoms in total. The van der Waals surface area contributed by atoms with Crippen molar-refractivity contribution < 1.29 is 9.18 Å². The number of likely N-dealkylation sites (tertiary alicyclic amines) is 1. The first-order chi connectivity index (χ1) is 13.1. The fourth-order valence-electron chi connectivity index (χ4n) is 3.26. The molecule has 1 aliphatic rings. The van der Waals surface area contributed by atoms with E-state index < -0.39 is 0 Å². The number of benzene rings is 1. The molecule has 1 saturated heterocycles. The molecule has 1 aromatic carbocycles. The molecule has 1 aliphatic heterocycles. The second-order valence-electron chi connectivity index (χ2n) is 6.82. The third kappa shape index (κ3) is 3.90. The first kappa shape index (κ1) is 17.4. The van der Waals surface area contributed by atoms with Crippen molar-refractivity contribution in [3.05, 3.63) is 60.4 Å². The van der Waals surface area contributed by atoms with E-state index in [1.807, 2.05) is 10.9 Å². The van der Waals surface area contributed by atoms with Gasteiger partial charge in [-0.25, -0.2) is 9.07 Å².